The number of ether oxygens (including phenoxy) is 1. The number of fused-ring (bicyclic) bond motifs is 1. The van der Waals surface area contributed by atoms with E-state index in [1.54, 1.807) is 19.1 Å². The monoisotopic (exact) mass is 332 g/mol. The predicted octanol–water partition coefficient (Wildman–Crippen LogP) is 3.46. The highest BCUT2D eigenvalue weighted by Crippen LogP contribution is 2.35. The van der Waals surface area contributed by atoms with E-state index in [0.717, 1.165) is 19.4 Å². The highest BCUT2D eigenvalue weighted by molar-refractivity contribution is 5.78. The average Bonchev–Trinajstić information content (AvgIpc) is 2.59. The Labute approximate surface area is 141 Å². The van der Waals surface area contributed by atoms with Crippen LogP contribution in [0.1, 0.15) is 44.1 Å². The molecule has 0 radical (unpaired) electrons. The molecule has 0 aromatic heterocycles. The van der Waals surface area contributed by atoms with Gasteiger partial charge >= 0.3 is 0 Å². The van der Waals surface area contributed by atoms with E-state index >= 15 is 0 Å². The van der Waals surface area contributed by atoms with Crippen LogP contribution in [0.2, 0.25) is 0 Å². The number of carbonyl (C=O) groups is 1. The van der Waals surface area contributed by atoms with Gasteiger partial charge < -0.3 is 9.64 Å². The first-order valence-electron chi connectivity index (χ1n) is 8.73. The summed E-state index contributed by atoms with van der Waals surface area (Å²) in [6, 6.07) is 4.97. The number of nitrogens with zero attached hydrogens (tertiary/aromatic N) is 2. The Kier molecular flexibility index (Phi) is 5.02. The van der Waals surface area contributed by atoms with Crippen molar-refractivity contribution in [1.82, 2.24) is 4.90 Å². The van der Waals surface area contributed by atoms with Crippen LogP contribution >= 0.6 is 0 Å². The van der Waals surface area contributed by atoms with Gasteiger partial charge in [-0.3, -0.25) is 14.9 Å². The summed E-state index contributed by atoms with van der Waals surface area (Å²) in [7, 11) is 0. The maximum atomic E-state index is 12.6. The van der Waals surface area contributed by atoms with Gasteiger partial charge in [-0.25, -0.2) is 0 Å². The third kappa shape index (κ3) is 3.52. The summed E-state index contributed by atoms with van der Waals surface area (Å²) in [4.78, 5) is 25.0. The molecule has 1 saturated carbocycles. The first-order chi connectivity index (χ1) is 11.6. The number of nitro groups is 1. The molecular weight excluding hydrogens is 308 g/mol. The molecule has 1 aliphatic carbocycles. The molecule has 1 heterocycles. The van der Waals surface area contributed by atoms with Gasteiger partial charge in [-0.15, -0.1) is 0 Å². The fourth-order valence-corrected chi connectivity index (χ4v) is 4.08. The van der Waals surface area contributed by atoms with Crippen molar-refractivity contribution in [1.29, 1.82) is 0 Å². The van der Waals surface area contributed by atoms with E-state index in [0.29, 0.717) is 23.3 Å². The quantitative estimate of drug-likeness (QED) is 0.625. The number of aryl methyl sites for hydroxylation is 1. The summed E-state index contributed by atoms with van der Waals surface area (Å²) in [6.07, 6.45) is 7.12. The van der Waals surface area contributed by atoms with Crippen molar-refractivity contribution in [3.8, 4) is 5.75 Å². The van der Waals surface area contributed by atoms with E-state index in [1.165, 1.54) is 31.7 Å². The summed E-state index contributed by atoms with van der Waals surface area (Å²) in [5, 5.41) is 10.8. The van der Waals surface area contributed by atoms with Crippen molar-refractivity contribution >= 4 is 11.6 Å². The fraction of sp³-hybridized carbons (Fsp3) is 0.611. The highest BCUT2D eigenvalue weighted by Gasteiger charge is 2.35. The lowest BCUT2D eigenvalue weighted by atomic mass is 9.78. The van der Waals surface area contributed by atoms with Crippen LogP contribution in [-0.4, -0.2) is 34.9 Å². The van der Waals surface area contributed by atoms with Crippen molar-refractivity contribution in [2.45, 2.75) is 51.5 Å². The second-order valence-electron chi connectivity index (χ2n) is 6.84. The summed E-state index contributed by atoms with van der Waals surface area (Å²) in [6.45, 7) is 2.49. The third-order valence-corrected chi connectivity index (χ3v) is 5.29. The van der Waals surface area contributed by atoms with E-state index < -0.39 is 4.92 Å². The summed E-state index contributed by atoms with van der Waals surface area (Å²) in [5.74, 6) is 1.18. The largest absolute Gasteiger partial charge is 0.484 e. The minimum atomic E-state index is -0.415. The zero-order valence-corrected chi connectivity index (χ0v) is 14.1. The predicted molar refractivity (Wildman–Crippen MR) is 90.0 cm³/mol. The molecule has 6 nitrogen and oxygen atoms in total. The molecule has 1 aliphatic heterocycles. The van der Waals surface area contributed by atoms with Crippen LogP contribution in [0, 0.1) is 23.0 Å². The molecule has 24 heavy (non-hydrogen) atoms. The second-order valence-corrected chi connectivity index (χ2v) is 6.84. The molecule has 2 aliphatic rings. The molecule has 6 heteroatoms. The lowest BCUT2D eigenvalue weighted by Crippen LogP contribution is -2.51. The topological polar surface area (TPSA) is 72.7 Å². The SMILES string of the molecule is Cc1cc(OCC(=O)N2CCC[C@H]3CCCC[C@H]32)ccc1[N+](=O)[O-]. The summed E-state index contributed by atoms with van der Waals surface area (Å²) in [5.41, 5.74) is 0.602. The third-order valence-electron chi connectivity index (χ3n) is 5.29. The highest BCUT2D eigenvalue weighted by atomic mass is 16.6. The smallest absolute Gasteiger partial charge is 0.272 e. The molecule has 1 aromatic carbocycles. The first-order valence-corrected chi connectivity index (χ1v) is 8.73. The first kappa shape index (κ1) is 16.7. The zero-order chi connectivity index (χ0) is 17.1. The summed E-state index contributed by atoms with van der Waals surface area (Å²) >= 11 is 0. The summed E-state index contributed by atoms with van der Waals surface area (Å²) < 4.78 is 5.60. The Morgan fingerprint density at radius 1 is 1.29 bits per heavy atom. The van der Waals surface area contributed by atoms with Gasteiger partial charge in [-0.05, 0) is 50.7 Å². The van der Waals surface area contributed by atoms with E-state index in [1.807, 2.05) is 4.90 Å². The molecule has 0 spiro atoms. The van der Waals surface area contributed by atoms with Crippen LogP contribution in [-0.2, 0) is 4.79 Å². The Morgan fingerprint density at radius 2 is 2.04 bits per heavy atom. The van der Waals surface area contributed by atoms with Crippen LogP contribution in [0.15, 0.2) is 18.2 Å². The average molecular weight is 332 g/mol. The van der Waals surface area contributed by atoms with Crippen molar-refractivity contribution < 1.29 is 14.5 Å². The number of hydrogen-bond donors (Lipinski definition) is 0. The minimum absolute atomic E-state index is 0.000467. The van der Waals surface area contributed by atoms with E-state index in [9.17, 15) is 14.9 Å². The molecule has 0 unspecified atom stereocenters. The van der Waals surface area contributed by atoms with Gasteiger partial charge in [0.15, 0.2) is 6.61 Å². The number of nitro benzene ring substituents is 1. The zero-order valence-electron chi connectivity index (χ0n) is 14.1. The Morgan fingerprint density at radius 3 is 2.79 bits per heavy atom. The van der Waals surface area contributed by atoms with Crippen LogP contribution in [0.4, 0.5) is 5.69 Å². The molecule has 3 rings (SSSR count). The normalized spacial score (nSPS) is 23.5. The van der Waals surface area contributed by atoms with Crippen LogP contribution in [0.25, 0.3) is 0 Å². The number of piperidine rings is 1. The number of hydrogen-bond acceptors (Lipinski definition) is 4. The molecular formula is C18H24N2O4. The van der Waals surface area contributed by atoms with Crippen molar-refractivity contribution in [3.05, 3.63) is 33.9 Å². The number of amides is 1. The van der Waals surface area contributed by atoms with Crippen molar-refractivity contribution in [2.75, 3.05) is 13.2 Å². The maximum absolute atomic E-state index is 12.6. The van der Waals surface area contributed by atoms with Crippen molar-refractivity contribution in [2.24, 2.45) is 5.92 Å². The van der Waals surface area contributed by atoms with E-state index in [4.69, 9.17) is 4.74 Å². The Hall–Kier alpha value is -2.11. The van der Waals surface area contributed by atoms with Gasteiger partial charge in [-0.1, -0.05) is 12.8 Å². The molecule has 2 fully saturated rings. The van der Waals surface area contributed by atoms with Gasteiger partial charge in [0.1, 0.15) is 5.75 Å². The van der Waals surface area contributed by atoms with Gasteiger partial charge in [0, 0.05) is 24.2 Å². The second kappa shape index (κ2) is 7.20. The van der Waals surface area contributed by atoms with Crippen LogP contribution in [0.5, 0.6) is 5.75 Å². The van der Waals surface area contributed by atoms with Crippen molar-refractivity contribution in [3.63, 3.8) is 0 Å². The van der Waals surface area contributed by atoms with E-state index in [2.05, 4.69) is 0 Å². The van der Waals surface area contributed by atoms with Crippen LogP contribution in [0.3, 0.4) is 0 Å². The Balaban J connectivity index is 1.60. The number of rotatable bonds is 4. The molecule has 1 aromatic rings. The van der Waals surface area contributed by atoms with Gasteiger partial charge in [0.2, 0.25) is 0 Å². The van der Waals surface area contributed by atoms with Crippen LogP contribution < -0.4 is 4.74 Å². The standard InChI is InChI=1S/C18H24N2O4/c1-13-11-15(8-9-16(13)20(22)23)24-12-18(21)19-10-4-6-14-5-2-3-7-17(14)19/h8-9,11,14,17H,2-7,10,12H2,1H3/t14-,17-/m1/s1. The molecule has 1 saturated heterocycles. The van der Waals surface area contributed by atoms with Gasteiger partial charge in [-0.2, -0.15) is 0 Å². The fourth-order valence-electron chi connectivity index (χ4n) is 4.08. The molecule has 1 amide bonds. The number of likely N-dealkylation sites (tertiary alicyclic amines) is 1. The number of carbonyl (C=O) groups excluding carboxylic acids is 1. The lowest BCUT2D eigenvalue weighted by Gasteiger charge is -2.44. The molecule has 130 valence electrons. The Bertz CT molecular complexity index is 629. The number of benzene rings is 1. The van der Waals surface area contributed by atoms with E-state index in [-0.39, 0.29) is 18.2 Å². The molecule has 0 bridgehead atoms. The molecule has 0 N–H and O–H groups in total. The minimum Gasteiger partial charge on any atom is -0.484 e. The van der Waals surface area contributed by atoms with Gasteiger partial charge in [0.05, 0.1) is 4.92 Å². The van der Waals surface area contributed by atoms with Gasteiger partial charge in [0.25, 0.3) is 11.6 Å². The maximum Gasteiger partial charge on any atom is 0.272 e. The lowest BCUT2D eigenvalue weighted by molar-refractivity contribution is -0.385. The molecule has 2 atom stereocenters.